The second kappa shape index (κ2) is 7.27. The molecule has 8 heteroatoms. The highest BCUT2D eigenvalue weighted by Gasteiger charge is 2.32. The van der Waals surface area contributed by atoms with Crippen molar-refractivity contribution in [1.82, 2.24) is 5.32 Å². The van der Waals surface area contributed by atoms with Gasteiger partial charge >= 0.3 is 12.3 Å². The molecule has 1 heterocycles. The first kappa shape index (κ1) is 19.6. The Kier molecular flexibility index (Phi) is 5.71. The molecule has 0 aliphatic carbocycles. The van der Waals surface area contributed by atoms with Crippen LogP contribution in [0.15, 0.2) is 23.2 Å². The maximum Gasteiger partial charge on any atom is 0.416 e. The molecule has 0 saturated heterocycles. The second-order valence-electron chi connectivity index (χ2n) is 6.86. The van der Waals surface area contributed by atoms with Crippen LogP contribution in [0.5, 0.6) is 0 Å². The highest BCUT2D eigenvalue weighted by atomic mass is 32.2. The van der Waals surface area contributed by atoms with Crippen LogP contribution in [0.25, 0.3) is 0 Å². The van der Waals surface area contributed by atoms with Gasteiger partial charge in [0.15, 0.2) is 0 Å². The number of aliphatic imine (C=N–C) groups is 1. The Balaban J connectivity index is 2.27. The number of alkyl carbamates (subject to hydrolysis) is 1. The molecule has 4 nitrogen and oxygen atoms in total. The molecule has 1 atom stereocenters. The number of carbonyl (C=O) groups is 1. The van der Waals surface area contributed by atoms with E-state index in [1.54, 1.807) is 0 Å². The number of rotatable bonds is 1. The Bertz CT molecular complexity index is 681. The van der Waals surface area contributed by atoms with E-state index < -0.39 is 29.5 Å². The van der Waals surface area contributed by atoms with E-state index in [2.05, 4.69) is 10.3 Å². The standard InChI is InChI=1S/C17H21F3N2O2S/c1-16(2,3)22-15(23)24-12-8-10-7-11(17(18,19)20)5-6-13(10)21-14(9-12)25-4/h5-7,12H,8-9H2,1-4H3,(H,22,23). The van der Waals surface area contributed by atoms with Crippen LogP contribution in [-0.4, -0.2) is 29.0 Å². The summed E-state index contributed by atoms with van der Waals surface area (Å²) in [5.41, 5.74) is -0.279. The van der Waals surface area contributed by atoms with Gasteiger partial charge in [0.25, 0.3) is 0 Å². The number of halogens is 3. The van der Waals surface area contributed by atoms with Gasteiger partial charge in [0, 0.05) is 18.4 Å². The number of ether oxygens (including phenoxy) is 1. The largest absolute Gasteiger partial charge is 0.445 e. The van der Waals surface area contributed by atoms with Gasteiger partial charge in [-0.1, -0.05) is 0 Å². The lowest BCUT2D eigenvalue weighted by Gasteiger charge is -2.23. The normalized spacial score (nSPS) is 18.0. The van der Waals surface area contributed by atoms with Gasteiger partial charge in [-0.2, -0.15) is 13.2 Å². The molecule has 0 spiro atoms. The third-order valence-electron chi connectivity index (χ3n) is 3.49. The van der Waals surface area contributed by atoms with Crippen molar-refractivity contribution in [2.24, 2.45) is 4.99 Å². The molecule has 0 aromatic heterocycles. The lowest BCUT2D eigenvalue weighted by molar-refractivity contribution is -0.137. The van der Waals surface area contributed by atoms with Crippen molar-refractivity contribution in [3.8, 4) is 0 Å². The number of fused-ring (bicyclic) bond motifs is 1. The first-order chi connectivity index (χ1) is 11.5. The SMILES string of the molecule is CSC1=Nc2ccc(C(F)(F)F)cc2CC(OC(=O)NC(C)(C)C)C1. The smallest absolute Gasteiger partial charge is 0.416 e. The van der Waals surface area contributed by atoms with Gasteiger partial charge in [-0.15, -0.1) is 11.8 Å². The topological polar surface area (TPSA) is 50.7 Å². The number of carbonyl (C=O) groups excluding carboxylic acids is 1. The number of amides is 1. The third kappa shape index (κ3) is 5.66. The van der Waals surface area contributed by atoms with Crippen LogP contribution in [0.1, 0.15) is 38.3 Å². The van der Waals surface area contributed by atoms with E-state index in [-0.39, 0.29) is 6.42 Å². The molecule has 1 aromatic rings. The first-order valence-corrected chi connectivity index (χ1v) is 9.01. The molecule has 1 aliphatic rings. The molecule has 1 amide bonds. The van der Waals surface area contributed by atoms with Crippen molar-refractivity contribution < 1.29 is 22.7 Å². The van der Waals surface area contributed by atoms with Crippen LogP contribution in [0.2, 0.25) is 0 Å². The molecular formula is C17H21F3N2O2S. The Morgan fingerprint density at radius 1 is 1.28 bits per heavy atom. The van der Waals surface area contributed by atoms with Crippen molar-refractivity contribution >= 4 is 28.6 Å². The van der Waals surface area contributed by atoms with Gasteiger partial charge in [0.05, 0.1) is 16.3 Å². The minimum absolute atomic E-state index is 0.185. The van der Waals surface area contributed by atoms with E-state index in [1.165, 1.54) is 17.8 Å². The molecule has 1 unspecified atom stereocenters. The van der Waals surface area contributed by atoms with E-state index >= 15 is 0 Å². The Hall–Kier alpha value is -1.70. The van der Waals surface area contributed by atoms with Crippen LogP contribution in [0.3, 0.4) is 0 Å². The fourth-order valence-corrected chi connectivity index (χ4v) is 2.97. The quantitative estimate of drug-likeness (QED) is 0.758. The van der Waals surface area contributed by atoms with Gasteiger partial charge in [0.2, 0.25) is 0 Å². The predicted octanol–water partition coefficient (Wildman–Crippen LogP) is 4.94. The highest BCUT2D eigenvalue weighted by Crippen LogP contribution is 2.35. The minimum atomic E-state index is -4.42. The second-order valence-corrected chi connectivity index (χ2v) is 7.74. The van der Waals surface area contributed by atoms with Crippen molar-refractivity contribution in [3.63, 3.8) is 0 Å². The summed E-state index contributed by atoms with van der Waals surface area (Å²) in [6.07, 6.45) is -3.20. The molecule has 0 radical (unpaired) electrons. The van der Waals surface area contributed by atoms with Crippen LogP contribution < -0.4 is 5.32 Å². The summed E-state index contributed by atoms with van der Waals surface area (Å²) in [5.74, 6) is 0. The fraction of sp³-hybridized carbons (Fsp3) is 0.529. The summed E-state index contributed by atoms with van der Waals surface area (Å²) in [4.78, 5) is 16.4. The van der Waals surface area contributed by atoms with Crippen LogP contribution in [-0.2, 0) is 17.3 Å². The lowest BCUT2D eigenvalue weighted by Crippen LogP contribution is -2.42. The molecule has 25 heavy (non-hydrogen) atoms. The Morgan fingerprint density at radius 3 is 2.52 bits per heavy atom. The highest BCUT2D eigenvalue weighted by molar-refractivity contribution is 8.13. The van der Waals surface area contributed by atoms with E-state index in [0.717, 1.165) is 12.1 Å². The van der Waals surface area contributed by atoms with E-state index in [9.17, 15) is 18.0 Å². The molecule has 0 saturated carbocycles. The van der Waals surface area contributed by atoms with Crippen molar-refractivity contribution in [3.05, 3.63) is 29.3 Å². The monoisotopic (exact) mass is 374 g/mol. The number of hydrogen-bond acceptors (Lipinski definition) is 4. The lowest BCUT2D eigenvalue weighted by atomic mass is 10.0. The fourth-order valence-electron chi connectivity index (χ4n) is 2.43. The Labute approximate surface area is 149 Å². The molecule has 1 N–H and O–H groups in total. The summed E-state index contributed by atoms with van der Waals surface area (Å²) >= 11 is 1.39. The van der Waals surface area contributed by atoms with E-state index in [0.29, 0.717) is 22.7 Å². The molecule has 1 aromatic carbocycles. The zero-order valence-corrected chi connectivity index (χ0v) is 15.3. The van der Waals surface area contributed by atoms with Gasteiger partial charge in [-0.05, 0) is 50.8 Å². The van der Waals surface area contributed by atoms with Crippen molar-refractivity contribution in [1.29, 1.82) is 0 Å². The van der Waals surface area contributed by atoms with E-state index in [1.807, 2.05) is 27.0 Å². The summed E-state index contributed by atoms with van der Waals surface area (Å²) in [5, 5.41) is 3.41. The van der Waals surface area contributed by atoms with Crippen molar-refractivity contribution in [2.45, 2.75) is 51.4 Å². The third-order valence-corrected chi connectivity index (χ3v) is 4.22. The van der Waals surface area contributed by atoms with Crippen LogP contribution in [0.4, 0.5) is 23.7 Å². The zero-order valence-electron chi connectivity index (χ0n) is 14.5. The molecular weight excluding hydrogens is 353 g/mol. The summed E-state index contributed by atoms with van der Waals surface area (Å²) in [7, 11) is 0. The molecule has 0 fully saturated rings. The molecule has 0 bridgehead atoms. The minimum Gasteiger partial charge on any atom is -0.445 e. The first-order valence-electron chi connectivity index (χ1n) is 7.78. The number of hydrogen-bond donors (Lipinski definition) is 1. The maximum absolute atomic E-state index is 13.0. The van der Waals surface area contributed by atoms with Gasteiger partial charge in [0.1, 0.15) is 6.10 Å². The summed E-state index contributed by atoms with van der Waals surface area (Å²) in [6.45, 7) is 5.46. The average Bonchev–Trinajstić information content (AvgIpc) is 2.61. The maximum atomic E-state index is 13.0. The molecule has 2 rings (SSSR count). The number of thioether (sulfide) groups is 1. The summed E-state index contributed by atoms with van der Waals surface area (Å²) in [6, 6.07) is 3.47. The van der Waals surface area contributed by atoms with Gasteiger partial charge < -0.3 is 10.1 Å². The van der Waals surface area contributed by atoms with Gasteiger partial charge in [-0.25, -0.2) is 9.79 Å². The predicted molar refractivity (Wildman–Crippen MR) is 93.5 cm³/mol. The number of alkyl halides is 3. The van der Waals surface area contributed by atoms with E-state index in [4.69, 9.17) is 4.74 Å². The number of nitrogens with one attached hydrogen (secondary N) is 1. The summed E-state index contributed by atoms with van der Waals surface area (Å²) < 4.78 is 44.3. The van der Waals surface area contributed by atoms with Crippen LogP contribution >= 0.6 is 11.8 Å². The zero-order chi connectivity index (χ0) is 18.8. The molecule has 1 aliphatic heterocycles. The Morgan fingerprint density at radius 2 is 1.96 bits per heavy atom. The van der Waals surface area contributed by atoms with Gasteiger partial charge in [-0.3, -0.25) is 0 Å². The van der Waals surface area contributed by atoms with Crippen molar-refractivity contribution in [2.75, 3.05) is 6.26 Å². The number of nitrogens with zero attached hydrogens (tertiary/aromatic N) is 1. The number of benzene rings is 1. The van der Waals surface area contributed by atoms with Crippen LogP contribution in [0, 0.1) is 0 Å². The molecule has 138 valence electrons. The average molecular weight is 374 g/mol.